The highest BCUT2D eigenvalue weighted by Crippen LogP contribution is 2.18. The molecule has 2 rings (SSSR count). The molecular formula is C17H26N2O2. The third kappa shape index (κ3) is 4.83. The summed E-state index contributed by atoms with van der Waals surface area (Å²) in [6, 6.07) is 9.96. The van der Waals surface area contributed by atoms with Gasteiger partial charge in [0.05, 0.1) is 6.04 Å². The summed E-state index contributed by atoms with van der Waals surface area (Å²) in [7, 11) is 0. The molecule has 0 saturated carbocycles. The Hall–Kier alpha value is -1.39. The van der Waals surface area contributed by atoms with Gasteiger partial charge in [0, 0.05) is 19.3 Å². The van der Waals surface area contributed by atoms with Crippen LogP contribution in [0.4, 0.5) is 0 Å². The van der Waals surface area contributed by atoms with Crippen molar-refractivity contribution in [2.45, 2.75) is 44.7 Å². The first-order valence-corrected chi connectivity index (χ1v) is 7.88. The first-order valence-electron chi connectivity index (χ1n) is 7.88. The number of nitrogens with one attached hydrogen (secondary N) is 1. The average Bonchev–Trinajstić information content (AvgIpc) is 2.55. The Bertz CT molecular complexity index is 430. The van der Waals surface area contributed by atoms with Gasteiger partial charge in [-0.3, -0.25) is 4.79 Å². The monoisotopic (exact) mass is 290 g/mol. The molecule has 4 heteroatoms. The molecule has 1 amide bonds. The van der Waals surface area contributed by atoms with Gasteiger partial charge in [-0.05, 0) is 37.2 Å². The third-order valence-electron chi connectivity index (χ3n) is 4.24. The molecule has 0 spiro atoms. The molecule has 1 aromatic carbocycles. The summed E-state index contributed by atoms with van der Waals surface area (Å²) < 4.78 is 5.32. The van der Waals surface area contributed by atoms with E-state index in [9.17, 15) is 4.79 Å². The van der Waals surface area contributed by atoms with E-state index in [1.54, 1.807) is 0 Å². The van der Waals surface area contributed by atoms with Crippen molar-refractivity contribution in [2.24, 2.45) is 11.7 Å². The van der Waals surface area contributed by atoms with Gasteiger partial charge < -0.3 is 15.8 Å². The van der Waals surface area contributed by atoms with Crippen LogP contribution in [0.5, 0.6) is 0 Å². The molecule has 0 aliphatic carbocycles. The molecule has 1 aliphatic heterocycles. The van der Waals surface area contributed by atoms with E-state index >= 15 is 0 Å². The van der Waals surface area contributed by atoms with Crippen molar-refractivity contribution >= 4 is 5.91 Å². The normalized spacial score (nSPS) is 19.0. The number of amides is 1. The molecule has 2 atom stereocenters. The van der Waals surface area contributed by atoms with Gasteiger partial charge in [0.2, 0.25) is 5.91 Å². The largest absolute Gasteiger partial charge is 0.381 e. The number of hydrogen-bond acceptors (Lipinski definition) is 3. The Morgan fingerprint density at radius 3 is 2.62 bits per heavy atom. The Labute approximate surface area is 127 Å². The van der Waals surface area contributed by atoms with E-state index < -0.39 is 6.04 Å². The number of carbonyl (C=O) groups excluding carboxylic acids is 1. The van der Waals surface area contributed by atoms with Crippen molar-refractivity contribution < 1.29 is 9.53 Å². The van der Waals surface area contributed by atoms with Crippen molar-refractivity contribution in [1.82, 2.24) is 5.32 Å². The summed E-state index contributed by atoms with van der Waals surface area (Å²) in [5.74, 6) is 0.220. The van der Waals surface area contributed by atoms with Crippen LogP contribution in [0.3, 0.4) is 0 Å². The summed E-state index contributed by atoms with van der Waals surface area (Å²) in [5.41, 5.74) is 7.36. The van der Waals surface area contributed by atoms with E-state index in [0.29, 0.717) is 13.2 Å². The predicted molar refractivity (Wildman–Crippen MR) is 83.9 cm³/mol. The SMILES string of the molecule is CCC(Cc1ccccc1)NC(=O)C(N)C1CCOCC1. The van der Waals surface area contributed by atoms with Crippen LogP contribution in [0, 0.1) is 5.92 Å². The summed E-state index contributed by atoms with van der Waals surface area (Å²) in [5, 5.41) is 3.11. The second-order valence-corrected chi connectivity index (χ2v) is 5.78. The summed E-state index contributed by atoms with van der Waals surface area (Å²) in [4.78, 5) is 12.3. The standard InChI is InChI=1S/C17H26N2O2/c1-2-15(12-13-6-4-3-5-7-13)19-17(20)16(18)14-8-10-21-11-9-14/h3-7,14-16H,2,8-12,18H2,1H3,(H,19,20). The van der Waals surface area contributed by atoms with Crippen molar-refractivity contribution in [3.63, 3.8) is 0 Å². The number of ether oxygens (including phenoxy) is 1. The van der Waals surface area contributed by atoms with Gasteiger partial charge >= 0.3 is 0 Å². The fraction of sp³-hybridized carbons (Fsp3) is 0.588. The van der Waals surface area contributed by atoms with Gasteiger partial charge in [0.15, 0.2) is 0 Å². The maximum absolute atomic E-state index is 12.3. The maximum atomic E-state index is 12.3. The van der Waals surface area contributed by atoms with Crippen LogP contribution in [0.15, 0.2) is 30.3 Å². The lowest BCUT2D eigenvalue weighted by Crippen LogP contribution is -2.50. The van der Waals surface area contributed by atoms with Crippen molar-refractivity contribution in [1.29, 1.82) is 0 Å². The molecule has 116 valence electrons. The minimum absolute atomic E-state index is 0.0234. The molecule has 0 aromatic heterocycles. The maximum Gasteiger partial charge on any atom is 0.237 e. The molecule has 1 aromatic rings. The first kappa shape index (κ1) is 16.0. The summed E-state index contributed by atoms with van der Waals surface area (Å²) >= 11 is 0. The quantitative estimate of drug-likeness (QED) is 0.841. The van der Waals surface area contributed by atoms with E-state index in [0.717, 1.165) is 25.7 Å². The average molecular weight is 290 g/mol. The highest BCUT2D eigenvalue weighted by Gasteiger charge is 2.27. The van der Waals surface area contributed by atoms with Crippen molar-refractivity contribution in [2.75, 3.05) is 13.2 Å². The molecule has 4 nitrogen and oxygen atoms in total. The van der Waals surface area contributed by atoms with E-state index in [1.165, 1.54) is 5.56 Å². The van der Waals surface area contributed by atoms with Crippen LogP contribution in [0.2, 0.25) is 0 Å². The number of rotatable bonds is 6. The third-order valence-corrected chi connectivity index (χ3v) is 4.24. The molecule has 1 fully saturated rings. The molecule has 0 bridgehead atoms. The second kappa shape index (κ2) is 8.15. The Morgan fingerprint density at radius 1 is 1.33 bits per heavy atom. The van der Waals surface area contributed by atoms with Gasteiger partial charge in [0.1, 0.15) is 0 Å². The summed E-state index contributed by atoms with van der Waals surface area (Å²) in [6.07, 6.45) is 3.51. The lowest BCUT2D eigenvalue weighted by Gasteiger charge is -2.28. The van der Waals surface area contributed by atoms with E-state index in [-0.39, 0.29) is 17.9 Å². The highest BCUT2D eigenvalue weighted by atomic mass is 16.5. The van der Waals surface area contributed by atoms with E-state index in [1.807, 2.05) is 18.2 Å². The van der Waals surface area contributed by atoms with E-state index in [2.05, 4.69) is 24.4 Å². The van der Waals surface area contributed by atoms with E-state index in [4.69, 9.17) is 10.5 Å². The van der Waals surface area contributed by atoms with Gasteiger partial charge in [-0.1, -0.05) is 37.3 Å². The topological polar surface area (TPSA) is 64.4 Å². The number of hydrogen-bond donors (Lipinski definition) is 2. The molecule has 2 unspecified atom stereocenters. The van der Waals surface area contributed by atoms with Crippen LogP contribution in [-0.4, -0.2) is 31.2 Å². The number of nitrogens with two attached hydrogens (primary N) is 1. The zero-order chi connectivity index (χ0) is 15.1. The second-order valence-electron chi connectivity index (χ2n) is 5.78. The Balaban J connectivity index is 1.86. The van der Waals surface area contributed by atoms with Crippen LogP contribution >= 0.6 is 0 Å². The molecule has 1 heterocycles. The Morgan fingerprint density at radius 2 is 2.00 bits per heavy atom. The molecule has 0 radical (unpaired) electrons. The Kier molecular flexibility index (Phi) is 6.21. The van der Waals surface area contributed by atoms with Gasteiger partial charge in [0.25, 0.3) is 0 Å². The molecule has 3 N–H and O–H groups in total. The van der Waals surface area contributed by atoms with Gasteiger partial charge in [-0.15, -0.1) is 0 Å². The van der Waals surface area contributed by atoms with Crippen LogP contribution in [0.1, 0.15) is 31.7 Å². The van der Waals surface area contributed by atoms with Crippen LogP contribution in [-0.2, 0) is 16.0 Å². The van der Waals surface area contributed by atoms with Gasteiger partial charge in [-0.2, -0.15) is 0 Å². The summed E-state index contributed by atoms with van der Waals surface area (Å²) in [6.45, 7) is 3.52. The smallest absolute Gasteiger partial charge is 0.237 e. The van der Waals surface area contributed by atoms with Crippen molar-refractivity contribution in [3.05, 3.63) is 35.9 Å². The molecule has 1 saturated heterocycles. The van der Waals surface area contributed by atoms with Crippen LogP contribution < -0.4 is 11.1 Å². The number of benzene rings is 1. The number of carbonyl (C=O) groups is 1. The van der Waals surface area contributed by atoms with Gasteiger partial charge in [-0.25, -0.2) is 0 Å². The lowest BCUT2D eigenvalue weighted by molar-refractivity contribution is -0.125. The highest BCUT2D eigenvalue weighted by molar-refractivity contribution is 5.82. The molecular weight excluding hydrogens is 264 g/mol. The fourth-order valence-corrected chi connectivity index (χ4v) is 2.78. The zero-order valence-corrected chi connectivity index (χ0v) is 12.8. The molecule has 21 heavy (non-hydrogen) atoms. The minimum atomic E-state index is -0.418. The first-order chi connectivity index (χ1) is 10.2. The van der Waals surface area contributed by atoms with Crippen LogP contribution in [0.25, 0.3) is 0 Å². The predicted octanol–water partition coefficient (Wildman–Crippen LogP) is 1.88. The lowest BCUT2D eigenvalue weighted by atomic mass is 9.91. The zero-order valence-electron chi connectivity index (χ0n) is 12.8. The fourth-order valence-electron chi connectivity index (χ4n) is 2.78. The molecule has 1 aliphatic rings. The minimum Gasteiger partial charge on any atom is -0.381 e. The van der Waals surface area contributed by atoms with Crippen molar-refractivity contribution in [3.8, 4) is 0 Å².